The number of aliphatic carboxylic acids is 1. The second-order valence-electron chi connectivity index (χ2n) is 7.49. The average molecular weight is 419 g/mol. The van der Waals surface area contributed by atoms with E-state index in [1.54, 1.807) is 6.92 Å². The average Bonchev–Trinajstić information content (AvgIpc) is 3.07. The third-order valence-corrected chi connectivity index (χ3v) is 5.47. The Labute approximate surface area is 177 Å². The first-order chi connectivity index (χ1) is 14.8. The molecule has 2 N–H and O–H groups in total. The molecule has 0 spiro atoms. The largest absolute Gasteiger partial charge is 0.480 e. The molecule has 0 radical (unpaired) electrons. The van der Waals surface area contributed by atoms with Crippen LogP contribution in [-0.4, -0.2) is 23.5 Å². The zero-order valence-electron chi connectivity index (χ0n) is 17.4. The number of nitrogens with one attached hydrogen (secondary N) is 1. The number of hydrogen-bond acceptors (Lipinski definition) is 5. The molecule has 0 saturated heterocycles. The van der Waals surface area contributed by atoms with Gasteiger partial charge in [0, 0.05) is 21.9 Å². The van der Waals surface area contributed by atoms with Gasteiger partial charge in [0.05, 0.1) is 12.0 Å². The second-order valence-corrected chi connectivity index (χ2v) is 7.49. The lowest BCUT2D eigenvalue weighted by atomic mass is 9.96. The summed E-state index contributed by atoms with van der Waals surface area (Å²) in [6.07, 6.45) is -0.259. The highest BCUT2D eigenvalue weighted by molar-refractivity contribution is 6.06. The quantitative estimate of drug-likeness (QED) is 0.475. The van der Waals surface area contributed by atoms with Crippen LogP contribution in [0.4, 0.5) is 0 Å². The number of benzene rings is 2. The van der Waals surface area contributed by atoms with Gasteiger partial charge in [0.2, 0.25) is 5.91 Å². The minimum absolute atomic E-state index is 0.204. The van der Waals surface area contributed by atoms with Crippen LogP contribution >= 0.6 is 0 Å². The van der Waals surface area contributed by atoms with E-state index in [2.05, 4.69) is 5.32 Å². The molecule has 0 unspecified atom stereocenters. The zero-order valence-corrected chi connectivity index (χ0v) is 17.4. The highest BCUT2D eigenvalue weighted by Gasteiger charge is 2.21. The Kier molecular flexibility index (Phi) is 5.10. The summed E-state index contributed by atoms with van der Waals surface area (Å²) in [4.78, 5) is 35.4. The van der Waals surface area contributed by atoms with E-state index in [0.717, 1.165) is 22.3 Å². The summed E-state index contributed by atoms with van der Waals surface area (Å²) >= 11 is 0. The molecule has 0 atom stereocenters. The van der Waals surface area contributed by atoms with Crippen molar-refractivity contribution >= 4 is 33.8 Å². The molecule has 31 heavy (non-hydrogen) atoms. The fraction of sp³-hybridized carbons (Fsp3) is 0.208. The van der Waals surface area contributed by atoms with Crippen LogP contribution in [-0.2, 0) is 16.0 Å². The van der Waals surface area contributed by atoms with E-state index in [4.69, 9.17) is 13.9 Å². The third-order valence-electron chi connectivity index (χ3n) is 5.47. The highest BCUT2D eigenvalue weighted by atomic mass is 16.4. The Balaban J connectivity index is 1.91. The number of fused-ring (bicyclic) bond motifs is 2. The van der Waals surface area contributed by atoms with Crippen molar-refractivity contribution in [3.05, 3.63) is 69.3 Å². The van der Waals surface area contributed by atoms with Crippen molar-refractivity contribution in [3.63, 3.8) is 0 Å². The monoisotopic (exact) mass is 419 g/mol. The number of carboxylic acids is 1. The van der Waals surface area contributed by atoms with Crippen molar-refractivity contribution in [1.82, 2.24) is 5.32 Å². The van der Waals surface area contributed by atoms with Crippen LogP contribution in [0.5, 0.6) is 0 Å². The molecule has 2 heterocycles. The predicted molar refractivity (Wildman–Crippen MR) is 116 cm³/mol. The van der Waals surface area contributed by atoms with E-state index in [1.165, 1.54) is 0 Å². The molecule has 0 bridgehead atoms. The molecule has 158 valence electrons. The van der Waals surface area contributed by atoms with Gasteiger partial charge in [-0.3, -0.25) is 9.59 Å². The number of furan rings is 1. The summed E-state index contributed by atoms with van der Waals surface area (Å²) in [6, 6.07) is 11.8. The normalized spacial score (nSPS) is 11.2. The van der Waals surface area contributed by atoms with Gasteiger partial charge in [-0.05, 0) is 38.0 Å². The maximum atomic E-state index is 12.6. The molecule has 0 aliphatic heterocycles. The van der Waals surface area contributed by atoms with Crippen LogP contribution in [0, 0.1) is 20.8 Å². The lowest BCUT2D eigenvalue weighted by molar-refractivity contribution is -0.137. The molecule has 4 rings (SSSR count). The minimum Gasteiger partial charge on any atom is -0.480 e. The van der Waals surface area contributed by atoms with Crippen molar-refractivity contribution in [2.45, 2.75) is 27.2 Å². The minimum atomic E-state index is -1.16. The van der Waals surface area contributed by atoms with E-state index in [1.807, 2.05) is 50.2 Å². The molecule has 4 aromatic rings. The molecule has 2 aromatic heterocycles. The molecule has 0 aliphatic carbocycles. The number of carboxylic acid groups (broad SMARTS) is 1. The summed E-state index contributed by atoms with van der Waals surface area (Å²) in [6.45, 7) is 4.99. The standard InChI is InChI=1S/C24H21NO6/c1-12-16-9-18-21(15-7-5-4-6-8-15)14(3)30-23(18)13(2)22(16)31-24(29)17(12)10-19(26)25-11-20(27)28/h4-9H,10-11H2,1-3H3,(H,25,26)(H,27,28). The van der Waals surface area contributed by atoms with Crippen LogP contribution < -0.4 is 10.9 Å². The van der Waals surface area contributed by atoms with E-state index >= 15 is 0 Å². The SMILES string of the molecule is Cc1oc2c(C)c3oc(=O)c(CC(=O)NCC(=O)O)c(C)c3cc2c1-c1ccccc1. The van der Waals surface area contributed by atoms with E-state index in [0.29, 0.717) is 27.7 Å². The fourth-order valence-electron chi connectivity index (χ4n) is 3.94. The second kappa shape index (κ2) is 7.75. The number of rotatable bonds is 5. The Hall–Kier alpha value is -3.87. The molecule has 7 heteroatoms. The Morgan fingerprint density at radius 2 is 1.65 bits per heavy atom. The van der Waals surface area contributed by atoms with Gasteiger partial charge < -0.3 is 19.3 Å². The topological polar surface area (TPSA) is 110 Å². The molecule has 0 aliphatic rings. The van der Waals surface area contributed by atoms with E-state index < -0.39 is 24.0 Å². The number of aryl methyl sites for hydroxylation is 3. The molecule has 0 saturated carbocycles. The van der Waals surface area contributed by atoms with Crippen molar-refractivity contribution in [2.24, 2.45) is 0 Å². The van der Waals surface area contributed by atoms with Gasteiger partial charge in [0.1, 0.15) is 23.5 Å². The van der Waals surface area contributed by atoms with Crippen LogP contribution in [0.2, 0.25) is 0 Å². The number of amides is 1. The number of carbonyl (C=O) groups excluding carboxylic acids is 1. The van der Waals surface area contributed by atoms with Crippen LogP contribution in [0.25, 0.3) is 33.1 Å². The lowest BCUT2D eigenvalue weighted by Crippen LogP contribution is -2.32. The lowest BCUT2D eigenvalue weighted by Gasteiger charge is -2.10. The van der Waals surface area contributed by atoms with Crippen molar-refractivity contribution in [2.75, 3.05) is 6.54 Å². The molecule has 0 fully saturated rings. The molecular weight excluding hydrogens is 398 g/mol. The Bertz CT molecular complexity index is 1400. The van der Waals surface area contributed by atoms with Gasteiger partial charge in [-0.15, -0.1) is 0 Å². The molecule has 7 nitrogen and oxygen atoms in total. The summed E-state index contributed by atoms with van der Waals surface area (Å²) in [5, 5.41) is 12.6. The first-order valence-corrected chi connectivity index (χ1v) is 9.80. The van der Waals surface area contributed by atoms with Crippen molar-refractivity contribution in [3.8, 4) is 11.1 Å². The number of carbonyl (C=O) groups is 2. The van der Waals surface area contributed by atoms with Gasteiger partial charge >= 0.3 is 11.6 Å². The molecule has 1 amide bonds. The van der Waals surface area contributed by atoms with Crippen LogP contribution in [0.3, 0.4) is 0 Å². The smallest absolute Gasteiger partial charge is 0.340 e. The fourth-order valence-corrected chi connectivity index (χ4v) is 3.94. The van der Waals surface area contributed by atoms with Crippen molar-refractivity contribution in [1.29, 1.82) is 0 Å². The third kappa shape index (κ3) is 3.59. The summed E-state index contributed by atoms with van der Waals surface area (Å²) in [7, 11) is 0. The Morgan fingerprint density at radius 3 is 2.32 bits per heavy atom. The van der Waals surface area contributed by atoms with Gasteiger partial charge in [-0.25, -0.2) is 4.79 Å². The van der Waals surface area contributed by atoms with Gasteiger partial charge in [-0.2, -0.15) is 0 Å². The maximum Gasteiger partial charge on any atom is 0.340 e. The number of hydrogen-bond donors (Lipinski definition) is 2. The summed E-state index contributed by atoms with van der Waals surface area (Å²) < 4.78 is 11.6. The molecule has 2 aromatic carbocycles. The van der Waals surface area contributed by atoms with Gasteiger partial charge in [0.25, 0.3) is 0 Å². The van der Waals surface area contributed by atoms with Crippen molar-refractivity contribution < 1.29 is 23.5 Å². The highest BCUT2D eigenvalue weighted by Crippen LogP contribution is 2.39. The zero-order chi connectivity index (χ0) is 22.3. The maximum absolute atomic E-state index is 12.6. The summed E-state index contributed by atoms with van der Waals surface area (Å²) in [5.41, 5.74) is 3.96. The molecular formula is C24H21NO6. The Morgan fingerprint density at radius 1 is 0.968 bits per heavy atom. The van der Waals surface area contributed by atoms with Gasteiger partial charge in [-0.1, -0.05) is 30.3 Å². The first-order valence-electron chi connectivity index (χ1n) is 9.80. The first kappa shape index (κ1) is 20.4. The van der Waals surface area contributed by atoms with E-state index in [-0.39, 0.29) is 12.0 Å². The van der Waals surface area contributed by atoms with Crippen LogP contribution in [0.15, 0.2) is 50.0 Å². The van der Waals surface area contributed by atoms with Crippen LogP contribution in [0.1, 0.15) is 22.5 Å². The summed E-state index contributed by atoms with van der Waals surface area (Å²) in [5.74, 6) is -0.954. The van der Waals surface area contributed by atoms with E-state index in [9.17, 15) is 14.4 Å². The van der Waals surface area contributed by atoms with Gasteiger partial charge in [0.15, 0.2) is 0 Å². The predicted octanol–water partition coefficient (Wildman–Crippen LogP) is 3.87.